The molecule has 10 nitrogen and oxygen atoms in total. The first-order chi connectivity index (χ1) is 19.5. The molecule has 2 atom stereocenters. The Morgan fingerprint density at radius 2 is 1.98 bits per heavy atom. The van der Waals surface area contributed by atoms with Crippen molar-refractivity contribution in [2.45, 2.75) is 63.5 Å². The number of carboxylic acid groups (broad SMARTS) is 1. The van der Waals surface area contributed by atoms with Crippen molar-refractivity contribution >= 4 is 21.6 Å². The number of fused-ring (bicyclic) bond motifs is 2. The van der Waals surface area contributed by atoms with E-state index >= 15 is 0 Å². The highest BCUT2D eigenvalue weighted by molar-refractivity contribution is 7.89. The molecule has 216 valence electrons. The number of halogens is 2. The van der Waals surface area contributed by atoms with Gasteiger partial charge in [-0.3, -0.25) is 9.20 Å². The third-order valence-corrected chi connectivity index (χ3v) is 9.28. The molecule has 0 fully saturated rings. The van der Waals surface area contributed by atoms with Crippen molar-refractivity contribution in [3.05, 3.63) is 82.4 Å². The number of hydrogen-bond donors (Lipinski definition) is 1. The third-order valence-electron chi connectivity index (χ3n) is 7.46. The van der Waals surface area contributed by atoms with E-state index in [2.05, 4.69) is 15.2 Å². The van der Waals surface area contributed by atoms with Crippen LogP contribution in [0.5, 0.6) is 5.88 Å². The van der Waals surface area contributed by atoms with Crippen LogP contribution >= 0.6 is 0 Å². The second kappa shape index (κ2) is 11.1. The molecule has 0 spiro atoms. The number of pyridine rings is 2. The molecule has 1 N–H and O–H groups in total. The summed E-state index contributed by atoms with van der Waals surface area (Å²) in [4.78, 5) is 16.1. The van der Waals surface area contributed by atoms with E-state index in [9.17, 15) is 27.1 Å². The van der Waals surface area contributed by atoms with Crippen molar-refractivity contribution in [1.29, 1.82) is 0 Å². The van der Waals surface area contributed by atoms with Gasteiger partial charge in [-0.15, -0.1) is 10.2 Å². The first-order valence-electron chi connectivity index (χ1n) is 13.1. The molecular weight excluding hydrogens is 556 g/mol. The Labute approximate surface area is 235 Å². The minimum absolute atomic E-state index is 0.00564. The minimum atomic E-state index is -3.94. The fraction of sp³-hybridized carbons (Fsp3) is 0.357. The van der Waals surface area contributed by atoms with Gasteiger partial charge in [-0.2, -0.15) is 4.31 Å². The number of aliphatic carboxylic acids is 1. The number of benzene rings is 1. The number of ether oxygens (including phenoxy) is 1. The first kappa shape index (κ1) is 28.6. The molecule has 3 aromatic heterocycles. The van der Waals surface area contributed by atoms with Gasteiger partial charge < -0.3 is 9.84 Å². The molecule has 0 bridgehead atoms. The predicted octanol–water partition coefficient (Wildman–Crippen LogP) is 4.65. The van der Waals surface area contributed by atoms with Crippen molar-refractivity contribution in [3.63, 3.8) is 0 Å². The van der Waals surface area contributed by atoms with Gasteiger partial charge in [0.1, 0.15) is 11.0 Å². The average Bonchev–Trinajstić information content (AvgIpc) is 3.34. The molecule has 0 amide bonds. The molecule has 1 aliphatic heterocycles. The van der Waals surface area contributed by atoms with Gasteiger partial charge in [-0.05, 0) is 66.3 Å². The zero-order valence-electron chi connectivity index (χ0n) is 22.7. The molecule has 0 saturated carbocycles. The van der Waals surface area contributed by atoms with Crippen molar-refractivity contribution < 1.29 is 31.8 Å². The van der Waals surface area contributed by atoms with E-state index in [0.29, 0.717) is 28.7 Å². The summed E-state index contributed by atoms with van der Waals surface area (Å²) in [5.41, 5.74) is 3.52. The maximum atomic E-state index is 13.7. The molecule has 0 saturated heterocycles. The summed E-state index contributed by atoms with van der Waals surface area (Å²) >= 11 is 0. The molecule has 4 heterocycles. The summed E-state index contributed by atoms with van der Waals surface area (Å²) < 4.78 is 62.6. The third kappa shape index (κ3) is 5.38. The molecule has 13 heteroatoms. The van der Waals surface area contributed by atoms with E-state index in [1.54, 1.807) is 25.1 Å². The number of sulfonamides is 1. The summed E-state index contributed by atoms with van der Waals surface area (Å²) in [7, 11) is -3.94. The van der Waals surface area contributed by atoms with Crippen molar-refractivity contribution in [2.75, 3.05) is 6.54 Å². The highest BCUT2D eigenvalue weighted by atomic mass is 32.2. The number of nitrogens with zero attached hydrogens (tertiary/aromatic N) is 5. The van der Waals surface area contributed by atoms with Crippen LogP contribution in [0.25, 0.3) is 5.65 Å². The van der Waals surface area contributed by atoms with E-state index < -0.39 is 40.3 Å². The van der Waals surface area contributed by atoms with Crippen molar-refractivity contribution in [2.24, 2.45) is 0 Å². The zero-order valence-corrected chi connectivity index (χ0v) is 23.5. The maximum absolute atomic E-state index is 13.7. The lowest BCUT2D eigenvalue weighted by molar-refractivity contribution is -0.137. The fourth-order valence-electron chi connectivity index (χ4n) is 5.17. The Hall–Kier alpha value is -3.97. The van der Waals surface area contributed by atoms with E-state index in [1.807, 2.05) is 26.0 Å². The Morgan fingerprint density at radius 3 is 2.68 bits per heavy atom. The molecule has 1 aliphatic rings. The Bertz CT molecular complexity index is 1730. The van der Waals surface area contributed by atoms with Gasteiger partial charge >= 0.3 is 5.97 Å². The monoisotopic (exact) mass is 585 g/mol. The molecule has 41 heavy (non-hydrogen) atoms. The van der Waals surface area contributed by atoms with Crippen LogP contribution in [0, 0.1) is 13.8 Å². The van der Waals surface area contributed by atoms with Crippen LogP contribution in [0.2, 0.25) is 0 Å². The number of alkyl halides is 2. The summed E-state index contributed by atoms with van der Waals surface area (Å²) in [6.07, 6.45) is -0.0226. The lowest BCUT2D eigenvalue weighted by atomic mass is 9.85. The minimum Gasteiger partial charge on any atom is -0.481 e. The number of rotatable bonds is 8. The second-order valence-corrected chi connectivity index (χ2v) is 11.9. The summed E-state index contributed by atoms with van der Waals surface area (Å²) in [6.45, 7) is 5.62. The summed E-state index contributed by atoms with van der Waals surface area (Å²) in [5, 5.41) is 17.3. The standard InChI is InChI=1S/C28H29F2N5O5S/c1-4-20-15-34(41(38,39)23-6-5-10-31-28(23)40-20)14-19-12-18(8-7-16(19)2)22(13-24(36)37)21-9-11-35-26(17(21)3)32-33-27(35)25(29)30/h5-12,20,22,25H,4,13-15H2,1-3H3,(H,36,37)/t20-,22?/m1/s1. The number of hydrogen-bond acceptors (Lipinski definition) is 7. The van der Waals surface area contributed by atoms with Crippen LogP contribution in [-0.4, -0.2) is 56.0 Å². The van der Waals surface area contributed by atoms with E-state index in [0.717, 1.165) is 5.56 Å². The van der Waals surface area contributed by atoms with Gasteiger partial charge in [0.2, 0.25) is 21.7 Å². The predicted molar refractivity (Wildman–Crippen MR) is 144 cm³/mol. The van der Waals surface area contributed by atoms with Crippen LogP contribution < -0.4 is 4.74 Å². The van der Waals surface area contributed by atoms with Gasteiger partial charge in [0, 0.05) is 24.9 Å². The lowest BCUT2D eigenvalue weighted by Crippen LogP contribution is -2.36. The normalized spacial score (nSPS) is 17.7. The summed E-state index contributed by atoms with van der Waals surface area (Å²) in [6, 6.07) is 10.1. The Balaban J connectivity index is 1.56. The highest BCUT2D eigenvalue weighted by Crippen LogP contribution is 2.35. The first-order valence-corrected chi connectivity index (χ1v) is 14.5. The van der Waals surface area contributed by atoms with E-state index in [-0.39, 0.29) is 35.9 Å². The molecule has 4 aromatic rings. The lowest BCUT2D eigenvalue weighted by Gasteiger charge is -2.25. The zero-order chi connectivity index (χ0) is 29.5. The molecular formula is C28H29F2N5O5S. The van der Waals surface area contributed by atoms with Crippen LogP contribution in [0.4, 0.5) is 8.78 Å². The van der Waals surface area contributed by atoms with Crippen LogP contribution in [-0.2, 0) is 21.4 Å². The van der Waals surface area contributed by atoms with Gasteiger partial charge in [-0.1, -0.05) is 25.1 Å². The number of carbonyl (C=O) groups is 1. The maximum Gasteiger partial charge on any atom is 0.304 e. The van der Waals surface area contributed by atoms with E-state index in [1.165, 1.54) is 27.2 Å². The SMILES string of the molecule is CC[C@@H]1CN(Cc2cc(C(CC(=O)O)c3ccn4c(C(F)F)nnc4c3C)ccc2C)S(=O)(=O)c2cccnc2O1. The van der Waals surface area contributed by atoms with E-state index in [4.69, 9.17) is 4.74 Å². The number of aryl methyl sites for hydroxylation is 2. The average molecular weight is 586 g/mol. The van der Waals surface area contributed by atoms with Crippen molar-refractivity contribution in [3.8, 4) is 5.88 Å². The van der Waals surface area contributed by atoms with Crippen LogP contribution in [0.1, 0.15) is 65.8 Å². The second-order valence-electron chi connectivity index (χ2n) is 10.0. The number of aromatic nitrogens is 4. The molecule has 1 unspecified atom stereocenters. The smallest absolute Gasteiger partial charge is 0.304 e. The molecule has 1 aromatic carbocycles. The van der Waals surface area contributed by atoms with Gasteiger partial charge in [-0.25, -0.2) is 22.2 Å². The van der Waals surface area contributed by atoms with Crippen LogP contribution in [0.15, 0.2) is 53.7 Å². The number of carboxylic acids is 1. The van der Waals surface area contributed by atoms with Crippen LogP contribution in [0.3, 0.4) is 0 Å². The molecule has 0 aliphatic carbocycles. The topological polar surface area (TPSA) is 127 Å². The van der Waals surface area contributed by atoms with Crippen molar-refractivity contribution in [1.82, 2.24) is 23.9 Å². The quantitative estimate of drug-likeness (QED) is 0.317. The van der Waals surface area contributed by atoms with Gasteiger partial charge in [0.15, 0.2) is 5.65 Å². The van der Waals surface area contributed by atoms with Gasteiger partial charge in [0.25, 0.3) is 6.43 Å². The fourth-order valence-corrected chi connectivity index (χ4v) is 6.70. The Morgan fingerprint density at radius 1 is 1.20 bits per heavy atom. The molecule has 0 radical (unpaired) electrons. The molecule has 5 rings (SSSR count). The Kier molecular flexibility index (Phi) is 7.75. The van der Waals surface area contributed by atoms with Gasteiger partial charge in [0.05, 0.1) is 13.0 Å². The summed E-state index contributed by atoms with van der Waals surface area (Å²) in [5.74, 6) is -2.12. The largest absolute Gasteiger partial charge is 0.481 e. The highest BCUT2D eigenvalue weighted by Gasteiger charge is 2.35.